The van der Waals surface area contributed by atoms with Gasteiger partial charge in [0.2, 0.25) is 0 Å². The normalized spacial score (nSPS) is 13.2. The Kier molecular flexibility index (Phi) is 10.2. The van der Waals surface area contributed by atoms with E-state index >= 15 is 0 Å². The number of carbonyl (C=O) groups excluding carboxylic acids is 6. The molecule has 0 amide bonds. The highest BCUT2D eigenvalue weighted by molar-refractivity contribution is 6.11. The number of rotatable bonds is 11. The molecule has 0 bridgehead atoms. The fraction of sp³-hybridized carbons (Fsp3) is 0.455. The summed E-state index contributed by atoms with van der Waals surface area (Å²) in [6.07, 6.45) is -1.59. The number of carbonyl (C=O) groups is 6. The van der Waals surface area contributed by atoms with Crippen LogP contribution < -0.4 is 0 Å². The minimum absolute atomic E-state index is 0.262. The SMILES string of the molecule is COC(=O)CC(=O)C(C(=O)OC)C(c1ccc(C)cc1)C(C(=O)CC(=O)OC)C(=O)OC. The number of hydrogen-bond donors (Lipinski definition) is 0. The van der Waals surface area contributed by atoms with Gasteiger partial charge in [0.1, 0.15) is 24.7 Å². The highest BCUT2D eigenvalue weighted by atomic mass is 16.5. The number of Topliss-reactive ketones (excluding diaryl/α,β-unsaturated/α-hetero) is 2. The first kappa shape index (κ1) is 26.5. The minimum atomic E-state index is -1.73. The third kappa shape index (κ3) is 6.73. The number of ether oxygens (including phenoxy) is 4. The molecular weight excluding hydrogens is 424 g/mol. The van der Waals surface area contributed by atoms with Crippen molar-refractivity contribution in [2.45, 2.75) is 25.7 Å². The van der Waals surface area contributed by atoms with Gasteiger partial charge in [-0.3, -0.25) is 28.8 Å². The van der Waals surface area contributed by atoms with Crippen LogP contribution in [0.1, 0.15) is 29.9 Å². The summed E-state index contributed by atoms with van der Waals surface area (Å²) in [6, 6.07) is 6.37. The Morgan fingerprint density at radius 3 is 1.34 bits per heavy atom. The number of methoxy groups -OCH3 is 4. The van der Waals surface area contributed by atoms with E-state index < -0.39 is 66.0 Å². The van der Waals surface area contributed by atoms with E-state index in [2.05, 4.69) is 9.47 Å². The topological polar surface area (TPSA) is 139 Å². The first-order chi connectivity index (χ1) is 15.1. The van der Waals surface area contributed by atoms with Crippen LogP contribution in [0.5, 0.6) is 0 Å². The predicted octanol–water partition coefficient (Wildman–Crippen LogP) is 0.921. The molecule has 0 saturated carbocycles. The average Bonchev–Trinajstić information content (AvgIpc) is 2.78. The lowest BCUT2D eigenvalue weighted by Gasteiger charge is -2.29. The Morgan fingerprint density at radius 1 is 0.656 bits per heavy atom. The number of aryl methyl sites for hydroxylation is 1. The van der Waals surface area contributed by atoms with Crippen molar-refractivity contribution >= 4 is 35.4 Å². The van der Waals surface area contributed by atoms with Crippen LogP contribution in [0.3, 0.4) is 0 Å². The first-order valence-electron chi connectivity index (χ1n) is 9.52. The van der Waals surface area contributed by atoms with E-state index in [1.165, 1.54) is 12.1 Å². The molecule has 2 unspecified atom stereocenters. The smallest absolute Gasteiger partial charge is 0.316 e. The molecule has 174 valence electrons. The van der Waals surface area contributed by atoms with Gasteiger partial charge in [-0.25, -0.2) is 0 Å². The fourth-order valence-electron chi connectivity index (χ4n) is 3.23. The van der Waals surface area contributed by atoms with Crippen molar-refractivity contribution in [2.24, 2.45) is 11.8 Å². The van der Waals surface area contributed by atoms with Crippen molar-refractivity contribution in [2.75, 3.05) is 28.4 Å². The highest BCUT2D eigenvalue weighted by Gasteiger charge is 2.48. The number of benzene rings is 1. The zero-order valence-corrected chi connectivity index (χ0v) is 18.5. The molecule has 0 aliphatic rings. The van der Waals surface area contributed by atoms with E-state index in [4.69, 9.17) is 9.47 Å². The Morgan fingerprint density at radius 2 is 1.03 bits per heavy atom. The zero-order valence-electron chi connectivity index (χ0n) is 18.5. The van der Waals surface area contributed by atoms with Crippen molar-refractivity contribution in [1.82, 2.24) is 0 Å². The van der Waals surface area contributed by atoms with Gasteiger partial charge in [0.05, 0.1) is 28.4 Å². The highest BCUT2D eigenvalue weighted by Crippen LogP contribution is 2.37. The minimum Gasteiger partial charge on any atom is -0.469 e. The van der Waals surface area contributed by atoms with Crippen LogP contribution >= 0.6 is 0 Å². The maximum absolute atomic E-state index is 13.0. The molecule has 1 aromatic carbocycles. The average molecular weight is 450 g/mol. The van der Waals surface area contributed by atoms with E-state index in [-0.39, 0.29) is 5.56 Å². The van der Waals surface area contributed by atoms with Crippen molar-refractivity contribution in [1.29, 1.82) is 0 Å². The largest absolute Gasteiger partial charge is 0.469 e. The van der Waals surface area contributed by atoms with Crippen molar-refractivity contribution in [3.8, 4) is 0 Å². The van der Waals surface area contributed by atoms with Crippen LogP contribution in [0.2, 0.25) is 0 Å². The fourth-order valence-corrected chi connectivity index (χ4v) is 3.23. The quantitative estimate of drug-likeness (QED) is 0.272. The Bertz CT molecular complexity index is 821. The second-order valence-corrected chi connectivity index (χ2v) is 6.88. The molecule has 1 aromatic rings. The molecule has 2 atom stereocenters. The Balaban J connectivity index is 3.71. The summed E-state index contributed by atoms with van der Waals surface area (Å²) >= 11 is 0. The molecule has 10 heteroatoms. The Labute approximate surface area is 185 Å². The molecule has 0 radical (unpaired) electrons. The molecule has 0 spiro atoms. The lowest BCUT2D eigenvalue weighted by atomic mass is 9.72. The van der Waals surface area contributed by atoms with Crippen molar-refractivity contribution < 1.29 is 47.7 Å². The monoisotopic (exact) mass is 450 g/mol. The maximum atomic E-state index is 13.0. The van der Waals surface area contributed by atoms with Gasteiger partial charge in [-0.2, -0.15) is 0 Å². The molecule has 32 heavy (non-hydrogen) atoms. The zero-order chi connectivity index (χ0) is 24.4. The standard InChI is InChI=1S/C22H26O10/c1-12-6-8-13(9-7-12)18(19(21(27)31-4)14(23)10-16(25)29-2)20(22(28)32-5)15(24)11-17(26)30-3/h6-9,18-20H,10-11H2,1-5H3. The second kappa shape index (κ2) is 12.3. The van der Waals surface area contributed by atoms with Gasteiger partial charge < -0.3 is 18.9 Å². The summed E-state index contributed by atoms with van der Waals surface area (Å²) in [5, 5.41) is 0. The Hall–Kier alpha value is -3.56. The molecule has 0 N–H and O–H groups in total. The van der Waals surface area contributed by atoms with Crippen molar-refractivity contribution in [3.05, 3.63) is 35.4 Å². The molecule has 0 heterocycles. The molecule has 1 rings (SSSR count). The van der Waals surface area contributed by atoms with E-state index in [0.717, 1.165) is 34.0 Å². The van der Waals surface area contributed by atoms with E-state index in [1.807, 2.05) is 0 Å². The van der Waals surface area contributed by atoms with E-state index in [9.17, 15) is 28.8 Å². The van der Waals surface area contributed by atoms with E-state index in [1.54, 1.807) is 19.1 Å². The third-order valence-electron chi connectivity index (χ3n) is 4.88. The van der Waals surface area contributed by atoms with Crippen LogP contribution in [0, 0.1) is 18.8 Å². The van der Waals surface area contributed by atoms with Gasteiger partial charge in [-0.15, -0.1) is 0 Å². The van der Waals surface area contributed by atoms with Gasteiger partial charge in [0.25, 0.3) is 0 Å². The van der Waals surface area contributed by atoms with Crippen LogP contribution in [-0.2, 0) is 47.7 Å². The van der Waals surface area contributed by atoms with Gasteiger partial charge in [-0.05, 0) is 12.5 Å². The summed E-state index contributed by atoms with van der Waals surface area (Å²) in [4.78, 5) is 74.7. The van der Waals surface area contributed by atoms with E-state index in [0.29, 0.717) is 0 Å². The van der Waals surface area contributed by atoms with Crippen LogP contribution in [0.15, 0.2) is 24.3 Å². The second-order valence-electron chi connectivity index (χ2n) is 6.88. The van der Waals surface area contributed by atoms with Gasteiger partial charge >= 0.3 is 23.9 Å². The molecule has 0 aliphatic heterocycles. The van der Waals surface area contributed by atoms with Crippen LogP contribution in [0.25, 0.3) is 0 Å². The van der Waals surface area contributed by atoms with Crippen LogP contribution in [-0.4, -0.2) is 63.9 Å². The van der Waals surface area contributed by atoms with Gasteiger partial charge in [-0.1, -0.05) is 29.8 Å². The molecule has 10 nitrogen and oxygen atoms in total. The lowest BCUT2D eigenvalue weighted by molar-refractivity contribution is -0.156. The molecule has 0 fully saturated rings. The lowest BCUT2D eigenvalue weighted by Crippen LogP contribution is -2.42. The molecular formula is C22H26O10. The third-order valence-corrected chi connectivity index (χ3v) is 4.88. The number of ketones is 2. The summed E-state index contributed by atoms with van der Waals surface area (Å²) < 4.78 is 18.5. The molecule has 0 aromatic heterocycles. The number of esters is 4. The summed E-state index contributed by atoms with van der Waals surface area (Å²) in [6.45, 7) is 1.79. The first-order valence-corrected chi connectivity index (χ1v) is 9.52. The van der Waals surface area contributed by atoms with Gasteiger partial charge in [0.15, 0.2) is 11.6 Å². The molecule has 0 saturated heterocycles. The van der Waals surface area contributed by atoms with Gasteiger partial charge in [0, 0.05) is 5.92 Å². The summed E-state index contributed by atoms with van der Waals surface area (Å²) in [7, 11) is 4.18. The molecule has 0 aliphatic carbocycles. The van der Waals surface area contributed by atoms with Crippen LogP contribution in [0.4, 0.5) is 0 Å². The maximum Gasteiger partial charge on any atom is 0.316 e. The van der Waals surface area contributed by atoms with Crippen molar-refractivity contribution in [3.63, 3.8) is 0 Å². The predicted molar refractivity (Wildman–Crippen MR) is 108 cm³/mol. The number of hydrogen-bond acceptors (Lipinski definition) is 10. The summed E-state index contributed by atoms with van der Waals surface area (Å²) in [5.41, 5.74) is 1.09. The summed E-state index contributed by atoms with van der Waals surface area (Å²) in [5.74, 6) is -10.7.